The molecule has 1 aromatic carbocycles. The summed E-state index contributed by atoms with van der Waals surface area (Å²) < 4.78 is 43.8. The first kappa shape index (κ1) is 32.5. The van der Waals surface area contributed by atoms with Crippen LogP contribution < -0.4 is 11.1 Å². The van der Waals surface area contributed by atoms with Crippen molar-refractivity contribution >= 4 is 40.7 Å². The highest BCUT2D eigenvalue weighted by Crippen LogP contribution is 2.35. The predicted octanol–water partition coefficient (Wildman–Crippen LogP) is 2.01. The first-order valence-electron chi connectivity index (χ1n) is 14.0. The van der Waals surface area contributed by atoms with E-state index in [1.807, 2.05) is 0 Å². The lowest BCUT2D eigenvalue weighted by Gasteiger charge is -2.30. The van der Waals surface area contributed by atoms with E-state index in [0.717, 1.165) is 0 Å². The van der Waals surface area contributed by atoms with Crippen LogP contribution in [-0.4, -0.2) is 93.1 Å². The Kier molecular flexibility index (Phi) is 10.3. The monoisotopic (exact) mass is 618 g/mol. The Morgan fingerprint density at radius 2 is 1.70 bits per heavy atom. The third kappa shape index (κ3) is 6.71. The van der Waals surface area contributed by atoms with E-state index >= 15 is 4.39 Å². The number of benzene rings is 1. The molecule has 44 heavy (non-hydrogen) atoms. The first-order valence-corrected chi connectivity index (χ1v) is 14.0. The summed E-state index contributed by atoms with van der Waals surface area (Å²) in [6, 6.07) is 6.21. The van der Waals surface area contributed by atoms with Crippen molar-refractivity contribution in [2.45, 2.75) is 64.3 Å². The Morgan fingerprint density at radius 1 is 1.07 bits per heavy atom. The van der Waals surface area contributed by atoms with Crippen molar-refractivity contribution in [2.75, 3.05) is 37.5 Å². The number of nitrogen functional groups attached to an aromatic ring is 1. The summed E-state index contributed by atoms with van der Waals surface area (Å²) in [5.41, 5.74) is 4.86. The van der Waals surface area contributed by atoms with Gasteiger partial charge >= 0.3 is 18.0 Å². The number of carbonyl (C=O) groups is 3. The number of alkyl halides is 1. The number of anilines is 2. The Hall–Kier alpha value is -4.41. The maximum absolute atomic E-state index is 15.4. The highest BCUT2D eigenvalue weighted by molar-refractivity contribution is 6.04. The number of nitrogens with two attached hydrogens (primary N) is 1. The molecule has 238 valence electrons. The molecule has 1 aliphatic rings. The SMILES string of the molecule is CCOC(=O)Nc1ccc(CC(OC[C@H]2O[C@@H](n3cnc4c(N)nc(C)nc43)[C@@H](F)[C@@H]2O)(C(=O)OCC)C(=O)OCC)cc1. The molecule has 0 aliphatic carbocycles. The molecule has 0 spiro atoms. The third-order valence-electron chi connectivity index (χ3n) is 6.76. The molecule has 3 aromatic rings. The van der Waals surface area contributed by atoms with E-state index in [9.17, 15) is 19.5 Å². The van der Waals surface area contributed by atoms with Crippen LogP contribution in [0.1, 0.15) is 38.4 Å². The standard InChI is InChI=1S/C28H35FN6O9/c1-5-40-25(37)28(26(38)41-6-2,12-16-8-10-17(11-9-16)34-27(39)42-7-3)43-13-18-21(36)19(29)24(44-18)35-14-31-20-22(30)32-15(4)33-23(20)35/h8-11,14,18-19,21,24,36H,5-7,12-13H2,1-4H3,(H,34,39)(H2,30,32,33)/t18-,19+,21-,24-/m1/s1. The van der Waals surface area contributed by atoms with Crippen LogP contribution in [-0.2, 0) is 39.7 Å². The molecular weight excluding hydrogens is 583 g/mol. The zero-order valence-electron chi connectivity index (χ0n) is 24.7. The molecule has 0 saturated carbocycles. The van der Waals surface area contributed by atoms with Gasteiger partial charge in [-0.1, -0.05) is 12.1 Å². The molecule has 0 unspecified atom stereocenters. The van der Waals surface area contributed by atoms with Gasteiger partial charge in [0.2, 0.25) is 0 Å². The fraction of sp³-hybridized carbons (Fsp3) is 0.500. The minimum atomic E-state index is -2.34. The minimum absolute atomic E-state index is 0.0823. The molecule has 4 rings (SSSR count). The smallest absolute Gasteiger partial charge is 0.411 e. The summed E-state index contributed by atoms with van der Waals surface area (Å²) in [7, 11) is 0. The van der Waals surface area contributed by atoms with Crippen molar-refractivity contribution in [3.05, 3.63) is 42.0 Å². The topological polar surface area (TPSA) is 199 Å². The van der Waals surface area contributed by atoms with Gasteiger partial charge in [-0.05, 0) is 45.4 Å². The number of esters is 2. The van der Waals surface area contributed by atoms with Crippen LogP contribution in [0.5, 0.6) is 0 Å². The summed E-state index contributed by atoms with van der Waals surface area (Å²) in [4.78, 5) is 50.9. The van der Waals surface area contributed by atoms with E-state index in [0.29, 0.717) is 17.1 Å². The molecule has 15 nitrogen and oxygen atoms in total. The Bertz CT molecular complexity index is 1470. The summed E-state index contributed by atoms with van der Waals surface area (Å²) in [6.07, 6.45) is -6.11. The quantitative estimate of drug-likeness (QED) is 0.151. The van der Waals surface area contributed by atoms with Crippen LogP contribution in [0, 0.1) is 6.92 Å². The van der Waals surface area contributed by atoms with Crippen molar-refractivity contribution in [2.24, 2.45) is 0 Å². The number of aliphatic hydroxyl groups excluding tert-OH is 1. The molecule has 1 fully saturated rings. The maximum atomic E-state index is 15.4. The number of rotatable bonds is 12. The normalized spacial score (nSPS) is 20.0. The highest BCUT2D eigenvalue weighted by atomic mass is 19.1. The number of hydrogen-bond donors (Lipinski definition) is 3. The number of ether oxygens (including phenoxy) is 5. The van der Waals surface area contributed by atoms with Crippen molar-refractivity contribution in [3.63, 3.8) is 0 Å². The number of nitrogens with one attached hydrogen (secondary N) is 1. The van der Waals surface area contributed by atoms with Gasteiger partial charge in [0.1, 0.15) is 23.5 Å². The fourth-order valence-electron chi connectivity index (χ4n) is 4.70. The number of aliphatic hydroxyl groups is 1. The number of hydrogen-bond acceptors (Lipinski definition) is 13. The number of carbonyl (C=O) groups excluding carboxylic acids is 3. The van der Waals surface area contributed by atoms with Crippen LogP contribution in [0.4, 0.5) is 20.7 Å². The van der Waals surface area contributed by atoms with E-state index in [-0.39, 0.29) is 43.2 Å². The van der Waals surface area contributed by atoms with E-state index in [1.165, 1.54) is 10.9 Å². The van der Waals surface area contributed by atoms with Gasteiger partial charge in [0, 0.05) is 12.1 Å². The molecule has 3 heterocycles. The molecule has 16 heteroatoms. The average Bonchev–Trinajstić information content (AvgIpc) is 3.52. The van der Waals surface area contributed by atoms with E-state index in [4.69, 9.17) is 29.4 Å². The van der Waals surface area contributed by atoms with Crippen LogP contribution >= 0.6 is 0 Å². The lowest BCUT2D eigenvalue weighted by Crippen LogP contribution is -2.54. The second-order valence-corrected chi connectivity index (χ2v) is 9.78. The number of nitrogens with zero attached hydrogens (tertiary/aromatic N) is 4. The fourth-order valence-corrected chi connectivity index (χ4v) is 4.70. The van der Waals surface area contributed by atoms with Crippen molar-refractivity contribution in [1.82, 2.24) is 19.5 Å². The van der Waals surface area contributed by atoms with E-state index in [1.54, 1.807) is 52.0 Å². The maximum Gasteiger partial charge on any atom is 0.411 e. The van der Waals surface area contributed by atoms with Gasteiger partial charge in [0.25, 0.3) is 5.60 Å². The number of halogens is 1. The number of amides is 1. The lowest BCUT2D eigenvalue weighted by molar-refractivity contribution is -0.197. The molecular formula is C28H35FN6O9. The molecule has 4 N–H and O–H groups in total. The summed E-state index contributed by atoms with van der Waals surface area (Å²) in [5.74, 6) is -1.67. The minimum Gasteiger partial charge on any atom is -0.463 e. The van der Waals surface area contributed by atoms with Crippen molar-refractivity contribution in [3.8, 4) is 0 Å². The van der Waals surface area contributed by atoms with Gasteiger partial charge in [-0.15, -0.1) is 0 Å². The molecule has 0 bridgehead atoms. The zero-order valence-corrected chi connectivity index (χ0v) is 24.7. The largest absolute Gasteiger partial charge is 0.463 e. The van der Waals surface area contributed by atoms with Gasteiger partial charge in [-0.2, -0.15) is 0 Å². The number of imidazole rings is 1. The Labute approximate surface area is 251 Å². The van der Waals surface area contributed by atoms with Crippen LogP contribution in [0.2, 0.25) is 0 Å². The summed E-state index contributed by atoms with van der Waals surface area (Å²) >= 11 is 0. The predicted molar refractivity (Wildman–Crippen MR) is 152 cm³/mol. The lowest BCUT2D eigenvalue weighted by atomic mass is 9.93. The zero-order chi connectivity index (χ0) is 32.0. The van der Waals surface area contributed by atoms with Crippen LogP contribution in [0.3, 0.4) is 0 Å². The third-order valence-corrected chi connectivity index (χ3v) is 6.76. The van der Waals surface area contributed by atoms with Gasteiger partial charge in [0.05, 0.1) is 32.8 Å². The van der Waals surface area contributed by atoms with Crippen molar-refractivity contribution < 1.29 is 47.6 Å². The summed E-state index contributed by atoms with van der Waals surface area (Å²) in [5, 5.41) is 13.3. The molecule has 1 aliphatic heterocycles. The van der Waals surface area contributed by atoms with Crippen LogP contribution in [0.25, 0.3) is 11.2 Å². The second-order valence-electron chi connectivity index (χ2n) is 9.78. The van der Waals surface area contributed by atoms with Gasteiger partial charge < -0.3 is 34.5 Å². The molecule has 1 amide bonds. The Morgan fingerprint density at radius 3 is 2.32 bits per heavy atom. The van der Waals surface area contributed by atoms with Crippen LogP contribution in [0.15, 0.2) is 30.6 Å². The molecule has 4 atom stereocenters. The highest BCUT2D eigenvalue weighted by Gasteiger charge is 2.53. The number of aromatic nitrogens is 4. The van der Waals surface area contributed by atoms with Gasteiger partial charge in [0.15, 0.2) is 23.9 Å². The summed E-state index contributed by atoms with van der Waals surface area (Å²) in [6.45, 7) is 5.81. The molecule has 1 saturated heterocycles. The van der Waals surface area contributed by atoms with Gasteiger partial charge in [-0.3, -0.25) is 9.88 Å². The molecule has 2 aromatic heterocycles. The molecule has 0 radical (unpaired) electrons. The second kappa shape index (κ2) is 13.9. The van der Waals surface area contributed by atoms with E-state index < -0.39 is 54.8 Å². The number of fused-ring (bicyclic) bond motifs is 1. The van der Waals surface area contributed by atoms with Gasteiger partial charge in [-0.25, -0.2) is 33.7 Å². The van der Waals surface area contributed by atoms with Crippen molar-refractivity contribution in [1.29, 1.82) is 0 Å². The number of aryl methyl sites for hydroxylation is 1. The van der Waals surface area contributed by atoms with E-state index in [2.05, 4.69) is 20.3 Å². The average molecular weight is 619 g/mol. The Balaban J connectivity index is 1.59. The first-order chi connectivity index (χ1) is 21.0.